The Morgan fingerprint density at radius 1 is 1.03 bits per heavy atom. The summed E-state index contributed by atoms with van der Waals surface area (Å²) in [5, 5.41) is 2.84. The van der Waals surface area contributed by atoms with Gasteiger partial charge in [0.1, 0.15) is 0 Å². The van der Waals surface area contributed by atoms with Crippen molar-refractivity contribution in [3.8, 4) is 0 Å². The minimum absolute atomic E-state index is 0.129. The van der Waals surface area contributed by atoms with E-state index in [9.17, 15) is 21.6 Å². The minimum atomic E-state index is -3.67. The van der Waals surface area contributed by atoms with Gasteiger partial charge in [0.2, 0.25) is 26.0 Å². The Labute approximate surface area is 197 Å². The second-order valence-corrected chi connectivity index (χ2v) is 12.8. The van der Waals surface area contributed by atoms with Crippen LogP contribution in [0.2, 0.25) is 0 Å². The van der Waals surface area contributed by atoms with Crippen LogP contribution in [-0.4, -0.2) is 58.5 Å². The van der Waals surface area contributed by atoms with Gasteiger partial charge in [0.15, 0.2) is 0 Å². The van der Waals surface area contributed by atoms with Crippen molar-refractivity contribution in [1.29, 1.82) is 0 Å². The summed E-state index contributed by atoms with van der Waals surface area (Å²) in [6, 6.07) is 12.8. The van der Waals surface area contributed by atoms with Gasteiger partial charge in [-0.2, -0.15) is 4.31 Å². The van der Waals surface area contributed by atoms with Crippen LogP contribution in [0.5, 0.6) is 0 Å². The monoisotopic (exact) mass is 543 g/mol. The molecule has 1 heterocycles. The highest BCUT2D eigenvalue weighted by Crippen LogP contribution is 2.25. The van der Waals surface area contributed by atoms with Crippen molar-refractivity contribution < 1.29 is 21.6 Å². The summed E-state index contributed by atoms with van der Waals surface area (Å²) in [7, 11) is -4.24. The number of carbonyl (C=O) groups is 1. The van der Waals surface area contributed by atoms with Crippen molar-refractivity contribution in [2.45, 2.75) is 29.2 Å². The van der Waals surface area contributed by atoms with Crippen LogP contribution in [0.15, 0.2) is 62.8 Å². The molecule has 2 aromatic carbocycles. The lowest BCUT2D eigenvalue weighted by molar-refractivity contribution is -0.126. The SMILES string of the molecule is CN(C)S(=O)(=O)c1ccc(CNC(=O)C2CCCN(S(=O)(=O)c3ccc(Br)cc3)C2)cc1. The molecule has 3 rings (SSSR count). The highest BCUT2D eigenvalue weighted by Gasteiger charge is 2.33. The summed E-state index contributed by atoms with van der Waals surface area (Å²) in [5.74, 6) is -0.659. The molecular weight excluding hydrogens is 518 g/mol. The van der Waals surface area contributed by atoms with Gasteiger partial charge in [-0.1, -0.05) is 28.1 Å². The molecule has 1 N–H and O–H groups in total. The van der Waals surface area contributed by atoms with E-state index in [0.717, 1.165) is 14.3 Å². The number of benzene rings is 2. The molecule has 1 saturated heterocycles. The van der Waals surface area contributed by atoms with Gasteiger partial charge >= 0.3 is 0 Å². The summed E-state index contributed by atoms with van der Waals surface area (Å²) in [5.41, 5.74) is 0.756. The third kappa shape index (κ3) is 5.57. The van der Waals surface area contributed by atoms with E-state index in [2.05, 4.69) is 21.2 Å². The van der Waals surface area contributed by atoms with Crippen molar-refractivity contribution in [2.75, 3.05) is 27.2 Å². The van der Waals surface area contributed by atoms with Gasteiger partial charge in [0, 0.05) is 38.2 Å². The van der Waals surface area contributed by atoms with Crippen LogP contribution in [0.3, 0.4) is 0 Å². The van der Waals surface area contributed by atoms with Crippen LogP contribution in [0.25, 0.3) is 0 Å². The van der Waals surface area contributed by atoms with E-state index in [1.165, 1.54) is 30.5 Å². The fourth-order valence-corrected chi connectivity index (χ4v) is 6.14. The van der Waals surface area contributed by atoms with Gasteiger partial charge in [0.05, 0.1) is 15.7 Å². The molecule has 0 bridgehead atoms. The first-order valence-electron chi connectivity index (χ1n) is 10.1. The summed E-state index contributed by atoms with van der Waals surface area (Å²) in [6.45, 7) is 0.741. The zero-order valence-electron chi connectivity index (χ0n) is 17.9. The van der Waals surface area contributed by atoms with Crippen molar-refractivity contribution in [3.63, 3.8) is 0 Å². The Balaban J connectivity index is 1.61. The van der Waals surface area contributed by atoms with Crippen LogP contribution in [0, 0.1) is 5.92 Å². The van der Waals surface area contributed by atoms with Crippen LogP contribution < -0.4 is 5.32 Å². The van der Waals surface area contributed by atoms with Crippen LogP contribution in [0.1, 0.15) is 18.4 Å². The number of amides is 1. The van der Waals surface area contributed by atoms with Gasteiger partial charge in [-0.15, -0.1) is 0 Å². The summed E-state index contributed by atoms with van der Waals surface area (Å²) >= 11 is 3.30. The summed E-state index contributed by atoms with van der Waals surface area (Å²) in [4.78, 5) is 13.1. The Morgan fingerprint density at radius 2 is 1.62 bits per heavy atom. The van der Waals surface area contributed by atoms with Crippen molar-refractivity contribution in [1.82, 2.24) is 13.9 Å². The average Bonchev–Trinajstić information content (AvgIpc) is 2.78. The summed E-state index contributed by atoms with van der Waals surface area (Å²) in [6.07, 6.45) is 1.21. The highest BCUT2D eigenvalue weighted by atomic mass is 79.9. The van der Waals surface area contributed by atoms with E-state index in [1.807, 2.05) is 0 Å². The number of piperidine rings is 1. The van der Waals surface area contributed by atoms with E-state index < -0.39 is 26.0 Å². The first kappa shape index (κ1) is 24.8. The topological polar surface area (TPSA) is 104 Å². The maximum atomic E-state index is 12.9. The number of rotatable bonds is 7. The van der Waals surface area contributed by atoms with E-state index in [-0.39, 0.29) is 28.8 Å². The predicted octanol–water partition coefficient (Wildman–Crippen LogP) is 2.42. The fourth-order valence-electron chi connectivity index (χ4n) is 3.45. The lowest BCUT2D eigenvalue weighted by Gasteiger charge is -2.31. The molecule has 1 aliphatic heterocycles. The standard InChI is InChI=1S/C21H26BrN3O5S2/c1-24(2)31(27,28)19-9-5-16(6-10-19)14-23-21(26)17-4-3-13-25(15-17)32(29,30)20-11-7-18(22)8-12-20/h5-12,17H,3-4,13-15H2,1-2H3,(H,23,26). The molecule has 0 spiro atoms. The first-order chi connectivity index (χ1) is 15.0. The van der Waals surface area contributed by atoms with Crippen LogP contribution >= 0.6 is 15.9 Å². The lowest BCUT2D eigenvalue weighted by atomic mass is 9.99. The number of nitrogens with one attached hydrogen (secondary N) is 1. The predicted molar refractivity (Wildman–Crippen MR) is 125 cm³/mol. The number of halogens is 1. The van der Waals surface area contributed by atoms with Gasteiger partial charge in [-0.3, -0.25) is 4.79 Å². The molecule has 0 saturated carbocycles. The number of carbonyl (C=O) groups excluding carboxylic acids is 1. The molecule has 8 nitrogen and oxygen atoms in total. The highest BCUT2D eigenvalue weighted by molar-refractivity contribution is 9.10. The van der Waals surface area contributed by atoms with Crippen LogP contribution in [-0.2, 0) is 31.4 Å². The third-order valence-corrected chi connectivity index (χ3v) is 9.61. The van der Waals surface area contributed by atoms with Crippen molar-refractivity contribution in [2.24, 2.45) is 5.92 Å². The van der Waals surface area contributed by atoms with E-state index >= 15 is 0 Å². The minimum Gasteiger partial charge on any atom is -0.352 e. The fraction of sp³-hybridized carbons (Fsp3) is 0.381. The molecular formula is C21H26BrN3O5S2. The number of nitrogens with zero attached hydrogens (tertiary/aromatic N) is 2. The largest absolute Gasteiger partial charge is 0.352 e. The zero-order chi connectivity index (χ0) is 23.5. The molecule has 174 valence electrons. The molecule has 1 aliphatic rings. The first-order valence-corrected chi connectivity index (χ1v) is 13.7. The Morgan fingerprint density at radius 3 is 2.22 bits per heavy atom. The normalized spacial score (nSPS) is 17.9. The molecule has 2 aromatic rings. The molecule has 1 unspecified atom stereocenters. The Bertz CT molecular complexity index is 1160. The van der Waals surface area contributed by atoms with Gasteiger partial charge < -0.3 is 5.32 Å². The van der Waals surface area contributed by atoms with E-state index in [0.29, 0.717) is 19.4 Å². The summed E-state index contributed by atoms with van der Waals surface area (Å²) < 4.78 is 53.5. The molecule has 11 heteroatoms. The van der Waals surface area contributed by atoms with Crippen molar-refractivity contribution in [3.05, 3.63) is 58.6 Å². The molecule has 0 aliphatic carbocycles. The molecule has 0 aromatic heterocycles. The lowest BCUT2D eigenvalue weighted by Crippen LogP contribution is -2.45. The third-order valence-electron chi connectivity index (χ3n) is 5.37. The van der Waals surface area contributed by atoms with Gasteiger partial charge in [0.25, 0.3) is 0 Å². The number of sulfonamides is 2. The molecule has 0 radical (unpaired) electrons. The Hall–Kier alpha value is -1.79. The van der Waals surface area contributed by atoms with Gasteiger partial charge in [-0.05, 0) is 54.8 Å². The number of hydrogen-bond acceptors (Lipinski definition) is 5. The quantitative estimate of drug-likeness (QED) is 0.577. The van der Waals surface area contributed by atoms with E-state index in [4.69, 9.17) is 0 Å². The maximum absolute atomic E-state index is 12.9. The Kier molecular flexibility index (Phi) is 7.77. The maximum Gasteiger partial charge on any atom is 0.243 e. The van der Waals surface area contributed by atoms with Gasteiger partial charge in [-0.25, -0.2) is 21.1 Å². The second kappa shape index (κ2) is 10.0. The average molecular weight is 544 g/mol. The molecule has 1 fully saturated rings. The van der Waals surface area contributed by atoms with Crippen LogP contribution in [0.4, 0.5) is 0 Å². The number of hydrogen-bond donors (Lipinski definition) is 1. The zero-order valence-corrected chi connectivity index (χ0v) is 21.1. The second-order valence-electron chi connectivity index (χ2n) is 7.81. The molecule has 1 atom stereocenters. The molecule has 32 heavy (non-hydrogen) atoms. The molecule has 1 amide bonds. The van der Waals surface area contributed by atoms with E-state index in [1.54, 1.807) is 36.4 Å². The van der Waals surface area contributed by atoms with Crippen molar-refractivity contribution >= 4 is 41.9 Å². The smallest absolute Gasteiger partial charge is 0.243 e.